The van der Waals surface area contributed by atoms with Crippen molar-refractivity contribution < 1.29 is 9.53 Å². The van der Waals surface area contributed by atoms with E-state index in [0.717, 1.165) is 25.9 Å². The third-order valence-corrected chi connectivity index (χ3v) is 4.80. The number of morpholine rings is 1. The fourth-order valence-electron chi connectivity index (χ4n) is 3.76. The van der Waals surface area contributed by atoms with Crippen LogP contribution in [0.3, 0.4) is 0 Å². The number of nitrogens with one attached hydrogen (secondary N) is 1. The van der Waals surface area contributed by atoms with E-state index >= 15 is 0 Å². The number of piperidine rings is 1. The van der Waals surface area contributed by atoms with Gasteiger partial charge in [-0.3, -0.25) is 4.79 Å². The van der Waals surface area contributed by atoms with Crippen molar-refractivity contribution >= 4 is 5.91 Å². The number of carbonyl (C=O) groups excluding carboxylic acids is 1. The van der Waals surface area contributed by atoms with Crippen molar-refractivity contribution in [1.29, 1.82) is 0 Å². The summed E-state index contributed by atoms with van der Waals surface area (Å²) in [6.45, 7) is 4.68. The van der Waals surface area contributed by atoms with Crippen LogP contribution in [0.2, 0.25) is 0 Å². The summed E-state index contributed by atoms with van der Waals surface area (Å²) in [5.41, 5.74) is 0. The van der Waals surface area contributed by atoms with Gasteiger partial charge in [0.15, 0.2) is 0 Å². The third kappa shape index (κ3) is 2.16. The molecule has 1 amide bonds. The number of hydrogen-bond donors (Lipinski definition) is 1. The first-order valence-electron chi connectivity index (χ1n) is 7.43. The molecule has 0 aromatic rings. The van der Waals surface area contributed by atoms with Crippen molar-refractivity contribution in [2.24, 2.45) is 5.92 Å². The Morgan fingerprint density at radius 3 is 3.00 bits per heavy atom. The number of nitrogens with zero attached hydrogens (tertiary/aromatic N) is 1. The lowest BCUT2D eigenvalue weighted by molar-refractivity contribution is -0.148. The largest absolute Gasteiger partial charge is 0.374 e. The highest BCUT2D eigenvalue weighted by Crippen LogP contribution is 2.31. The van der Waals surface area contributed by atoms with Crippen LogP contribution in [0.4, 0.5) is 0 Å². The Morgan fingerprint density at radius 2 is 2.17 bits per heavy atom. The van der Waals surface area contributed by atoms with Crippen LogP contribution in [-0.2, 0) is 9.53 Å². The van der Waals surface area contributed by atoms with Crippen LogP contribution < -0.4 is 5.32 Å². The maximum atomic E-state index is 12.7. The van der Waals surface area contributed by atoms with Gasteiger partial charge in [0.25, 0.3) is 0 Å². The molecule has 0 aromatic heterocycles. The van der Waals surface area contributed by atoms with Gasteiger partial charge in [-0.25, -0.2) is 0 Å². The van der Waals surface area contributed by atoms with Crippen molar-refractivity contribution in [3.05, 3.63) is 0 Å². The smallest absolute Gasteiger partial charge is 0.240 e. The molecule has 2 saturated heterocycles. The molecule has 0 aromatic carbocycles. The van der Waals surface area contributed by atoms with Gasteiger partial charge in [-0.15, -0.1) is 0 Å². The van der Waals surface area contributed by atoms with Gasteiger partial charge < -0.3 is 15.0 Å². The van der Waals surface area contributed by atoms with Crippen LogP contribution in [0.25, 0.3) is 0 Å². The third-order valence-electron chi connectivity index (χ3n) is 4.80. The standard InChI is InChI=1S/C14H24N2O2/c1-10-4-3-7-15-13(10)14(17)16-8-9-18-12-6-2-5-11(12)16/h10-13,15H,2-9H2,1H3. The van der Waals surface area contributed by atoms with E-state index in [1.165, 1.54) is 19.3 Å². The zero-order valence-corrected chi connectivity index (χ0v) is 11.2. The van der Waals surface area contributed by atoms with Crippen molar-refractivity contribution in [2.45, 2.75) is 57.2 Å². The van der Waals surface area contributed by atoms with Crippen LogP contribution in [0.1, 0.15) is 39.0 Å². The van der Waals surface area contributed by atoms with Crippen LogP contribution >= 0.6 is 0 Å². The van der Waals surface area contributed by atoms with E-state index in [1.807, 2.05) is 0 Å². The number of hydrogen-bond acceptors (Lipinski definition) is 3. The molecule has 102 valence electrons. The van der Waals surface area contributed by atoms with Gasteiger partial charge >= 0.3 is 0 Å². The van der Waals surface area contributed by atoms with Crippen LogP contribution in [0, 0.1) is 5.92 Å². The van der Waals surface area contributed by atoms with E-state index in [2.05, 4.69) is 17.1 Å². The summed E-state index contributed by atoms with van der Waals surface area (Å²) >= 11 is 0. The summed E-state index contributed by atoms with van der Waals surface area (Å²) in [4.78, 5) is 14.8. The molecule has 4 heteroatoms. The van der Waals surface area contributed by atoms with Crippen LogP contribution in [0.15, 0.2) is 0 Å². The van der Waals surface area contributed by atoms with Crippen molar-refractivity contribution in [3.8, 4) is 0 Å². The highest BCUT2D eigenvalue weighted by atomic mass is 16.5. The van der Waals surface area contributed by atoms with Gasteiger partial charge in [0.2, 0.25) is 5.91 Å². The summed E-state index contributed by atoms with van der Waals surface area (Å²) in [6, 6.07) is 0.389. The fourth-order valence-corrected chi connectivity index (χ4v) is 3.76. The predicted octanol–water partition coefficient (Wildman–Crippen LogP) is 1.15. The number of ether oxygens (including phenoxy) is 1. The van der Waals surface area contributed by atoms with Gasteiger partial charge in [0, 0.05) is 6.54 Å². The number of fused-ring (bicyclic) bond motifs is 1. The van der Waals surface area contributed by atoms with E-state index in [-0.39, 0.29) is 6.04 Å². The van der Waals surface area contributed by atoms with E-state index in [9.17, 15) is 4.79 Å². The molecule has 2 heterocycles. The summed E-state index contributed by atoms with van der Waals surface area (Å²) in [7, 11) is 0. The van der Waals surface area contributed by atoms with E-state index < -0.39 is 0 Å². The Kier molecular flexibility index (Phi) is 3.57. The second-order valence-corrected chi connectivity index (χ2v) is 5.99. The highest BCUT2D eigenvalue weighted by molar-refractivity contribution is 5.82. The Bertz CT molecular complexity index is 321. The lowest BCUT2D eigenvalue weighted by Gasteiger charge is -2.41. The zero-order valence-electron chi connectivity index (χ0n) is 11.2. The number of rotatable bonds is 1. The average Bonchev–Trinajstić information content (AvgIpc) is 2.86. The van der Waals surface area contributed by atoms with E-state index in [1.54, 1.807) is 0 Å². The van der Waals surface area contributed by atoms with Crippen LogP contribution in [-0.4, -0.2) is 48.7 Å². The van der Waals surface area contributed by atoms with Crippen molar-refractivity contribution in [1.82, 2.24) is 10.2 Å². The van der Waals surface area contributed by atoms with Gasteiger partial charge in [-0.2, -0.15) is 0 Å². The van der Waals surface area contributed by atoms with Crippen molar-refractivity contribution in [2.75, 3.05) is 19.7 Å². The second kappa shape index (κ2) is 5.17. The molecule has 0 bridgehead atoms. The minimum atomic E-state index is 0.0399. The van der Waals surface area contributed by atoms with Crippen LogP contribution in [0.5, 0.6) is 0 Å². The zero-order chi connectivity index (χ0) is 12.5. The van der Waals surface area contributed by atoms with E-state index in [0.29, 0.717) is 30.6 Å². The Labute approximate surface area is 109 Å². The quantitative estimate of drug-likeness (QED) is 0.761. The topological polar surface area (TPSA) is 41.6 Å². The molecule has 2 aliphatic heterocycles. The SMILES string of the molecule is CC1CCCNC1C(=O)N1CCOC2CCCC21. The normalized spacial score (nSPS) is 40.6. The van der Waals surface area contributed by atoms with Gasteiger partial charge in [-0.05, 0) is 44.6 Å². The Morgan fingerprint density at radius 1 is 1.28 bits per heavy atom. The van der Waals surface area contributed by atoms with Gasteiger partial charge in [-0.1, -0.05) is 6.92 Å². The first kappa shape index (κ1) is 12.4. The monoisotopic (exact) mass is 252 g/mol. The molecule has 3 fully saturated rings. The minimum Gasteiger partial charge on any atom is -0.374 e. The molecule has 0 spiro atoms. The second-order valence-electron chi connectivity index (χ2n) is 5.99. The summed E-state index contributed by atoms with van der Waals surface area (Å²) < 4.78 is 5.78. The molecule has 1 saturated carbocycles. The molecular weight excluding hydrogens is 228 g/mol. The average molecular weight is 252 g/mol. The molecule has 3 rings (SSSR count). The molecule has 4 unspecified atom stereocenters. The first-order chi connectivity index (χ1) is 8.77. The van der Waals surface area contributed by atoms with Gasteiger partial charge in [0.1, 0.15) is 0 Å². The molecule has 4 nitrogen and oxygen atoms in total. The molecule has 3 aliphatic rings. The fraction of sp³-hybridized carbons (Fsp3) is 0.929. The Balaban J connectivity index is 1.70. The molecule has 0 radical (unpaired) electrons. The summed E-state index contributed by atoms with van der Waals surface area (Å²) in [6.07, 6.45) is 6.12. The molecular formula is C14H24N2O2. The Hall–Kier alpha value is -0.610. The molecule has 18 heavy (non-hydrogen) atoms. The minimum absolute atomic E-state index is 0.0399. The first-order valence-corrected chi connectivity index (χ1v) is 7.43. The van der Waals surface area contributed by atoms with E-state index in [4.69, 9.17) is 4.74 Å². The van der Waals surface area contributed by atoms with Gasteiger partial charge in [0.05, 0.1) is 24.8 Å². The lowest BCUT2D eigenvalue weighted by atomic mass is 9.91. The molecule has 1 N–H and O–H groups in total. The van der Waals surface area contributed by atoms with Crippen molar-refractivity contribution in [3.63, 3.8) is 0 Å². The maximum Gasteiger partial charge on any atom is 0.240 e. The number of carbonyl (C=O) groups is 1. The molecule has 1 aliphatic carbocycles. The number of amides is 1. The summed E-state index contributed by atoms with van der Waals surface area (Å²) in [5, 5.41) is 3.41. The highest BCUT2D eigenvalue weighted by Gasteiger charge is 2.41. The maximum absolute atomic E-state index is 12.7. The lowest BCUT2D eigenvalue weighted by Crippen LogP contribution is -2.59. The predicted molar refractivity (Wildman–Crippen MR) is 69.3 cm³/mol. The summed E-state index contributed by atoms with van der Waals surface area (Å²) in [5.74, 6) is 0.788. The molecule has 4 atom stereocenters.